The van der Waals surface area contributed by atoms with Crippen molar-refractivity contribution in [2.45, 2.75) is 26.7 Å². The van der Waals surface area contributed by atoms with Gasteiger partial charge in [-0.15, -0.1) is 0 Å². The number of halogens is 1. The molecule has 0 fully saturated rings. The van der Waals surface area contributed by atoms with Crippen LogP contribution in [0.4, 0.5) is 5.69 Å². The molecule has 1 aromatic heterocycles. The van der Waals surface area contributed by atoms with E-state index in [1.54, 1.807) is 0 Å². The molecule has 0 aliphatic carbocycles. The van der Waals surface area contributed by atoms with Gasteiger partial charge in [-0.2, -0.15) is 0 Å². The Labute approximate surface area is 104 Å². The van der Waals surface area contributed by atoms with Crippen molar-refractivity contribution in [2.24, 2.45) is 0 Å². The van der Waals surface area contributed by atoms with Gasteiger partial charge in [0.25, 0.3) is 0 Å². The molecule has 1 heterocycles. The van der Waals surface area contributed by atoms with E-state index in [1.165, 1.54) is 5.56 Å². The number of fused-ring (bicyclic) bond motifs is 1. The van der Waals surface area contributed by atoms with E-state index in [0.717, 1.165) is 39.6 Å². The number of nitrogens with zero attached hydrogens (tertiary/aromatic N) is 1. The summed E-state index contributed by atoms with van der Waals surface area (Å²) in [5, 5.41) is 1.03. The Morgan fingerprint density at radius 2 is 2.12 bits per heavy atom. The molecule has 0 unspecified atom stereocenters. The van der Waals surface area contributed by atoms with Gasteiger partial charge in [-0.25, -0.2) is 0 Å². The first-order valence-electron chi connectivity index (χ1n) is 5.47. The lowest BCUT2D eigenvalue weighted by Crippen LogP contribution is -1.96. The number of pyridine rings is 1. The molecule has 0 saturated heterocycles. The normalized spacial score (nSPS) is 10.9. The number of anilines is 1. The van der Waals surface area contributed by atoms with Gasteiger partial charge in [-0.1, -0.05) is 25.5 Å². The summed E-state index contributed by atoms with van der Waals surface area (Å²) in [6, 6.07) is 6.07. The summed E-state index contributed by atoms with van der Waals surface area (Å²) in [5.41, 5.74) is 10.1. The van der Waals surface area contributed by atoms with E-state index in [1.807, 2.05) is 12.1 Å². The fraction of sp³-hybridized carbons (Fsp3) is 0.308. The Balaban J connectivity index is 2.73. The van der Waals surface area contributed by atoms with Crippen LogP contribution in [0.15, 0.2) is 22.7 Å². The molecule has 2 N–H and O–H groups in total. The standard InChI is InChI=1S/C13H15BrN2/c1-3-4-9-7-11(15)10-6-5-8(2)12(14)13(10)16-9/h5-7H,3-4H2,1-2H3,(H2,15,16). The molecular formula is C13H15BrN2. The van der Waals surface area contributed by atoms with Crippen molar-refractivity contribution in [3.8, 4) is 0 Å². The molecule has 0 atom stereocenters. The van der Waals surface area contributed by atoms with Crippen LogP contribution in [-0.2, 0) is 6.42 Å². The molecule has 0 amide bonds. The number of benzene rings is 1. The molecule has 2 nitrogen and oxygen atoms in total. The second kappa shape index (κ2) is 4.42. The molecule has 2 aromatic rings. The number of aromatic nitrogens is 1. The molecule has 84 valence electrons. The quantitative estimate of drug-likeness (QED) is 0.907. The number of hydrogen-bond acceptors (Lipinski definition) is 2. The van der Waals surface area contributed by atoms with Gasteiger partial charge in [0.05, 0.1) is 5.52 Å². The summed E-state index contributed by atoms with van der Waals surface area (Å²) in [4.78, 5) is 4.66. The Morgan fingerprint density at radius 1 is 1.38 bits per heavy atom. The highest BCUT2D eigenvalue weighted by Gasteiger charge is 2.07. The van der Waals surface area contributed by atoms with Gasteiger partial charge in [0.2, 0.25) is 0 Å². The third-order valence-electron chi connectivity index (χ3n) is 2.70. The summed E-state index contributed by atoms with van der Waals surface area (Å²) in [5.74, 6) is 0. The van der Waals surface area contributed by atoms with E-state index < -0.39 is 0 Å². The van der Waals surface area contributed by atoms with E-state index in [-0.39, 0.29) is 0 Å². The maximum atomic E-state index is 6.05. The van der Waals surface area contributed by atoms with Crippen LogP contribution in [0.25, 0.3) is 10.9 Å². The second-order valence-electron chi connectivity index (χ2n) is 4.05. The Bertz CT molecular complexity index is 535. The van der Waals surface area contributed by atoms with Crippen LogP contribution in [0.1, 0.15) is 24.6 Å². The Morgan fingerprint density at radius 3 is 2.81 bits per heavy atom. The van der Waals surface area contributed by atoms with E-state index in [4.69, 9.17) is 5.73 Å². The van der Waals surface area contributed by atoms with Crippen LogP contribution in [-0.4, -0.2) is 4.98 Å². The van der Waals surface area contributed by atoms with Crippen molar-refractivity contribution >= 4 is 32.5 Å². The third-order valence-corrected chi connectivity index (χ3v) is 3.70. The zero-order valence-electron chi connectivity index (χ0n) is 9.55. The molecule has 1 aromatic carbocycles. The average Bonchev–Trinajstić information content (AvgIpc) is 2.25. The lowest BCUT2D eigenvalue weighted by molar-refractivity contribution is 0.890. The molecule has 3 heteroatoms. The number of aryl methyl sites for hydroxylation is 2. The van der Waals surface area contributed by atoms with Crippen molar-refractivity contribution < 1.29 is 0 Å². The Hall–Kier alpha value is -1.09. The first kappa shape index (κ1) is 11.4. The summed E-state index contributed by atoms with van der Waals surface area (Å²) in [7, 11) is 0. The smallest absolute Gasteiger partial charge is 0.0870 e. The van der Waals surface area contributed by atoms with Gasteiger partial charge < -0.3 is 5.73 Å². The summed E-state index contributed by atoms with van der Waals surface area (Å²) < 4.78 is 1.05. The molecule has 0 bridgehead atoms. The number of rotatable bonds is 2. The maximum Gasteiger partial charge on any atom is 0.0870 e. The third kappa shape index (κ3) is 1.92. The van der Waals surface area contributed by atoms with Crippen molar-refractivity contribution in [1.29, 1.82) is 0 Å². The van der Waals surface area contributed by atoms with Crippen LogP contribution < -0.4 is 5.73 Å². The number of hydrogen-bond donors (Lipinski definition) is 1. The molecule has 2 rings (SSSR count). The molecule has 0 saturated carbocycles. The van der Waals surface area contributed by atoms with E-state index in [0.29, 0.717) is 0 Å². The second-order valence-corrected chi connectivity index (χ2v) is 4.84. The SMILES string of the molecule is CCCc1cc(N)c2ccc(C)c(Br)c2n1. The number of nitrogen functional groups attached to an aromatic ring is 1. The van der Waals surface area contributed by atoms with E-state index in [2.05, 4.69) is 40.8 Å². The van der Waals surface area contributed by atoms with Gasteiger partial charge in [-0.3, -0.25) is 4.98 Å². The van der Waals surface area contributed by atoms with Gasteiger partial charge in [-0.05, 0) is 40.9 Å². The van der Waals surface area contributed by atoms with Gasteiger partial charge >= 0.3 is 0 Å². The Kier molecular flexibility index (Phi) is 3.15. The first-order chi connectivity index (χ1) is 7.63. The molecule has 0 radical (unpaired) electrons. The van der Waals surface area contributed by atoms with Crippen molar-refractivity contribution in [3.63, 3.8) is 0 Å². The number of nitrogens with two attached hydrogens (primary N) is 1. The largest absolute Gasteiger partial charge is 0.398 e. The van der Waals surface area contributed by atoms with Crippen molar-refractivity contribution in [3.05, 3.63) is 33.9 Å². The highest BCUT2D eigenvalue weighted by atomic mass is 79.9. The molecule has 0 spiro atoms. The minimum absolute atomic E-state index is 0.814. The van der Waals surface area contributed by atoms with Crippen LogP contribution in [0.2, 0.25) is 0 Å². The van der Waals surface area contributed by atoms with Crippen LogP contribution >= 0.6 is 15.9 Å². The average molecular weight is 279 g/mol. The zero-order valence-corrected chi connectivity index (χ0v) is 11.1. The van der Waals surface area contributed by atoms with E-state index >= 15 is 0 Å². The monoisotopic (exact) mass is 278 g/mol. The summed E-state index contributed by atoms with van der Waals surface area (Å²) >= 11 is 3.58. The van der Waals surface area contributed by atoms with Gasteiger partial charge in [0.15, 0.2) is 0 Å². The van der Waals surface area contributed by atoms with E-state index in [9.17, 15) is 0 Å². The fourth-order valence-electron chi connectivity index (χ4n) is 1.83. The summed E-state index contributed by atoms with van der Waals surface area (Å²) in [6.07, 6.45) is 2.06. The van der Waals surface area contributed by atoms with Crippen molar-refractivity contribution in [2.75, 3.05) is 5.73 Å². The fourth-order valence-corrected chi connectivity index (χ4v) is 2.26. The minimum atomic E-state index is 0.814. The molecule has 0 aliphatic rings. The lowest BCUT2D eigenvalue weighted by atomic mass is 10.1. The zero-order chi connectivity index (χ0) is 11.7. The van der Waals surface area contributed by atoms with Crippen molar-refractivity contribution in [1.82, 2.24) is 4.98 Å². The maximum absolute atomic E-state index is 6.05. The van der Waals surface area contributed by atoms with Crippen LogP contribution in [0, 0.1) is 6.92 Å². The highest BCUT2D eigenvalue weighted by Crippen LogP contribution is 2.29. The van der Waals surface area contributed by atoms with Gasteiger partial charge in [0.1, 0.15) is 0 Å². The first-order valence-corrected chi connectivity index (χ1v) is 6.27. The minimum Gasteiger partial charge on any atom is -0.398 e. The molecular weight excluding hydrogens is 264 g/mol. The molecule has 16 heavy (non-hydrogen) atoms. The lowest BCUT2D eigenvalue weighted by Gasteiger charge is -2.08. The van der Waals surface area contributed by atoms with Gasteiger partial charge in [0, 0.05) is 21.2 Å². The van der Waals surface area contributed by atoms with Crippen LogP contribution in [0.3, 0.4) is 0 Å². The van der Waals surface area contributed by atoms with Crippen LogP contribution in [0.5, 0.6) is 0 Å². The highest BCUT2D eigenvalue weighted by molar-refractivity contribution is 9.10. The predicted molar refractivity (Wildman–Crippen MR) is 72.6 cm³/mol. The summed E-state index contributed by atoms with van der Waals surface area (Å²) in [6.45, 7) is 4.21. The topological polar surface area (TPSA) is 38.9 Å². The molecule has 0 aliphatic heterocycles. The predicted octanol–water partition coefficient (Wildman–Crippen LogP) is 3.84.